The van der Waals surface area contributed by atoms with Crippen LogP contribution in [0.5, 0.6) is 0 Å². The van der Waals surface area contributed by atoms with Gasteiger partial charge in [0.15, 0.2) is 5.96 Å². The van der Waals surface area contributed by atoms with E-state index in [9.17, 15) is 0 Å². The molecule has 0 atom stereocenters. The molecule has 7 heteroatoms. The van der Waals surface area contributed by atoms with E-state index >= 15 is 0 Å². The average molecular weight is 327 g/mol. The van der Waals surface area contributed by atoms with Crippen LogP contribution in [0.1, 0.15) is 12.8 Å². The van der Waals surface area contributed by atoms with Crippen molar-refractivity contribution in [3.8, 4) is 0 Å². The standard InChI is InChI=1S/C16H33N5O2/c1-17-16(19-5-7-21-10-14-23-15-11-21)18-4-2-3-6-20-8-12-22-13-9-20/h2-15H2,1H3,(H2,17,18,19). The Balaban J connectivity index is 1.45. The van der Waals surface area contributed by atoms with Gasteiger partial charge in [0.25, 0.3) is 0 Å². The van der Waals surface area contributed by atoms with Crippen LogP contribution in [0.3, 0.4) is 0 Å². The van der Waals surface area contributed by atoms with E-state index in [-0.39, 0.29) is 0 Å². The van der Waals surface area contributed by atoms with E-state index in [4.69, 9.17) is 9.47 Å². The summed E-state index contributed by atoms with van der Waals surface area (Å²) in [5.41, 5.74) is 0. The SMILES string of the molecule is CN=C(NCCCCN1CCOCC1)NCCN1CCOCC1. The molecule has 2 fully saturated rings. The summed E-state index contributed by atoms with van der Waals surface area (Å²) in [6.45, 7) is 11.8. The van der Waals surface area contributed by atoms with Crippen LogP contribution >= 0.6 is 0 Å². The molecule has 0 bridgehead atoms. The van der Waals surface area contributed by atoms with Crippen LogP contribution in [-0.4, -0.2) is 102 Å². The zero-order valence-electron chi connectivity index (χ0n) is 14.6. The van der Waals surface area contributed by atoms with E-state index < -0.39 is 0 Å². The highest BCUT2D eigenvalue weighted by molar-refractivity contribution is 5.79. The number of guanidine groups is 1. The second-order valence-electron chi connectivity index (χ2n) is 6.04. The predicted octanol–water partition coefficient (Wildman–Crippen LogP) is -0.404. The summed E-state index contributed by atoms with van der Waals surface area (Å²) >= 11 is 0. The fraction of sp³-hybridized carbons (Fsp3) is 0.938. The third-order valence-corrected chi connectivity index (χ3v) is 4.35. The van der Waals surface area contributed by atoms with E-state index in [1.54, 1.807) is 0 Å². The largest absolute Gasteiger partial charge is 0.379 e. The molecule has 0 aromatic carbocycles. The van der Waals surface area contributed by atoms with Crippen LogP contribution in [0.15, 0.2) is 4.99 Å². The van der Waals surface area contributed by atoms with Gasteiger partial charge in [-0.1, -0.05) is 0 Å². The summed E-state index contributed by atoms with van der Waals surface area (Å²) in [7, 11) is 1.83. The molecule has 2 rings (SSSR count). The van der Waals surface area contributed by atoms with Gasteiger partial charge in [-0.15, -0.1) is 0 Å². The van der Waals surface area contributed by atoms with E-state index in [1.165, 1.54) is 19.4 Å². The first-order chi connectivity index (χ1) is 11.4. The van der Waals surface area contributed by atoms with Gasteiger partial charge in [0.05, 0.1) is 26.4 Å². The first-order valence-corrected chi connectivity index (χ1v) is 8.93. The number of nitrogens with one attached hydrogen (secondary N) is 2. The molecule has 134 valence electrons. The van der Waals surface area contributed by atoms with Crippen molar-refractivity contribution >= 4 is 5.96 Å². The lowest BCUT2D eigenvalue weighted by atomic mass is 10.3. The number of unbranched alkanes of at least 4 members (excludes halogenated alkanes) is 1. The molecule has 2 N–H and O–H groups in total. The molecule has 2 heterocycles. The van der Waals surface area contributed by atoms with Gasteiger partial charge in [0, 0.05) is 52.9 Å². The minimum Gasteiger partial charge on any atom is -0.379 e. The van der Waals surface area contributed by atoms with Gasteiger partial charge in [-0.25, -0.2) is 0 Å². The van der Waals surface area contributed by atoms with Gasteiger partial charge >= 0.3 is 0 Å². The highest BCUT2D eigenvalue weighted by Crippen LogP contribution is 1.99. The van der Waals surface area contributed by atoms with Crippen LogP contribution in [0.2, 0.25) is 0 Å². The van der Waals surface area contributed by atoms with Crippen molar-refractivity contribution in [2.24, 2.45) is 4.99 Å². The number of aliphatic imine (C=N–C) groups is 1. The molecule has 0 radical (unpaired) electrons. The van der Waals surface area contributed by atoms with Crippen molar-refractivity contribution in [1.82, 2.24) is 20.4 Å². The van der Waals surface area contributed by atoms with Crippen LogP contribution < -0.4 is 10.6 Å². The normalized spacial score (nSPS) is 21.3. The Morgan fingerprint density at radius 1 is 0.826 bits per heavy atom. The first kappa shape index (κ1) is 18.4. The average Bonchev–Trinajstić information content (AvgIpc) is 2.61. The minimum atomic E-state index is 0.857. The third kappa shape index (κ3) is 7.97. The monoisotopic (exact) mass is 327 g/mol. The Hall–Kier alpha value is -0.890. The molecule has 0 amide bonds. The number of nitrogens with zero attached hydrogens (tertiary/aromatic N) is 3. The van der Waals surface area contributed by atoms with E-state index in [0.29, 0.717) is 0 Å². The minimum absolute atomic E-state index is 0.857. The Morgan fingerprint density at radius 2 is 1.39 bits per heavy atom. The number of hydrogen-bond donors (Lipinski definition) is 2. The molecule has 0 spiro atoms. The predicted molar refractivity (Wildman–Crippen MR) is 93.1 cm³/mol. The van der Waals surface area contributed by atoms with Gasteiger partial charge in [-0.05, 0) is 19.4 Å². The Morgan fingerprint density at radius 3 is 2.00 bits per heavy atom. The van der Waals surface area contributed by atoms with Crippen molar-refractivity contribution < 1.29 is 9.47 Å². The Bertz CT molecular complexity index is 328. The molecular weight excluding hydrogens is 294 g/mol. The van der Waals surface area contributed by atoms with Gasteiger partial charge < -0.3 is 20.1 Å². The van der Waals surface area contributed by atoms with Crippen molar-refractivity contribution in [1.29, 1.82) is 0 Å². The van der Waals surface area contributed by atoms with Gasteiger partial charge in [-0.3, -0.25) is 14.8 Å². The zero-order chi connectivity index (χ0) is 16.2. The van der Waals surface area contributed by atoms with Crippen molar-refractivity contribution in [3.63, 3.8) is 0 Å². The number of rotatable bonds is 8. The maximum Gasteiger partial charge on any atom is 0.191 e. The number of hydrogen-bond acceptors (Lipinski definition) is 5. The molecule has 2 aliphatic rings. The molecule has 0 aromatic heterocycles. The van der Waals surface area contributed by atoms with Crippen LogP contribution in [0, 0.1) is 0 Å². The molecular formula is C16H33N5O2. The number of ether oxygens (including phenoxy) is 2. The zero-order valence-corrected chi connectivity index (χ0v) is 14.6. The molecule has 0 aliphatic carbocycles. The summed E-state index contributed by atoms with van der Waals surface area (Å²) in [4.78, 5) is 9.19. The lowest BCUT2D eigenvalue weighted by Gasteiger charge is -2.27. The molecule has 7 nitrogen and oxygen atoms in total. The molecule has 2 saturated heterocycles. The maximum absolute atomic E-state index is 5.37. The second-order valence-corrected chi connectivity index (χ2v) is 6.04. The van der Waals surface area contributed by atoms with Gasteiger partial charge in [0.1, 0.15) is 0 Å². The fourth-order valence-electron chi connectivity index (χ4n) is 2.87. The Kier molecular flexibility index (Phi) is 9.32. The summed E-state index contributed by atoms with van der Waals surface area (Å²) in [6, 6.07) is 0. The lowest BCUT2D eigenvalue weighted by molar-refractivity contribution is 0.0372. The maximum atomic E-state index is 5.37. The van der Waals surface area contributed by atoms with E-state index in [0.717, 1.165) is 78.2 Å². The molecule has 0 aromatic rings. The highest BCUT2D eigenvalue weighted by Gasteiger charge is 2.10. The van der Waals surface area contributed by atoms with Crippen LogP contribution in [0.25, 0.3) is 0 Å². The third-order valence-electron chi connectivity index (χ3n) is 4.35. The molecule has 0 unspecified atom stereocenters. The van der Waals surface area contributed by atoms with E-state index in [1.807, 2.05) is 7.05 Å². The van der Waals surface area contributed by atoms with Crippen molar-refractivity contribution in [2.75, 3.05) is 85.8 Å². The molecule has 0 saturated carbocycles. The topological polar surface area (TPSA) is 61.4 Å². The summed E-state index contributed by atoms with van der Waals surface area (Å²) in [6.07, 6.45) is 2.39. The van der Waals surface area contributed by atoms with Gasteiger partial charge in [0.2, 0.25) is 0 Å². The van der Waals surface area contributed by atoms with E-state index in [2.05, 4.69) is 25.4 Å². The molecule has 2 aliphatic heterocycles. The van der Waals surface area contributed by atoms with Gasteiger partial charge in [-0.2, -0.15) is 0 Å². The number of morpholine rings is 2. The Labute approximate surface area is 140 Å². The summed E-state index contributed by atoms with van der Waals surface area (Å²) in [5.74, 6) is 0.907. The van der Waals surface area contributed by atoms with Crippen LogP contribution in [-0.2, 0) is 9.47 Å². The first-order valence-electron chi connectivity index (χ1n) is 8.93. The quantitative estimate of drug-likeness (QED) is 0.359. The van der Waals surface area contributed by atoms with Crippen molar-refractivity contribution in [2.45, 2.75) is 12.8 Å². The summed E-state index contributed by atoms with van der Waals surface area (Å²) in [5, 5.41) is 6.78. The smallest absolute Gasteiger partial charge is 0.191 e. The lowest BCUT2D eigenvalue weighted by Crippen LogP contribution is -2.44. The summed E-state index contributed by atoms with van der Waals surface area (Å²) < 4.78 is 10.7. The van der Waals surface area contributed by atoms with Crippen molar-refractivity contribution in [3.05, 3.63) is 0 Å². The highest BCUT2D eigenvalue weighted by atomic mass is 16.5. The van der Waals surface area contributed by atoms with Crippen LogP contribution in [0.4, 0.5) is 0 Å². The second kappa shape index (κ2) is 11.6. The fourth-order valence-corrected chi connectivity index (χ4v) is 2.87. The molecule has 23 heavy (non-hydrogen) atoms.